The Hall–Kier alpha value is -2.04. The SMILES string of the molecule is C(=CCc1ccccc1)=Cc1ccccc1. The van der Waals surface area contributed by atoms with Gasteiger partial charge in [0.1, 0.15) is 0 Å². The highest BCUT2D eigenvalue weighted by atomic mass is 13.9. The normalized spacial score (nSPS) is 9.25. The van der Waals surface area contributed by atoms with Crippen molar-refractivity contribution in [2.24, 2.45) is 0 Å². The third-order valence-electron chi connectivity index (χ3n) is 2.35. The molecule has 0 amide bonds. The summed E-state index contributed by atoms with van der Waals surface area (Å²) in [6, 6.07) is 20.6. The van der Waals surface area contributed by atoms with E-state index in [1.807, 2.05) is 30.3 Å². The minimum Gasteiger partial charge on any atom is -0.124 e. The molecule has 0 aromatic heterocycles. The molecule has 0 fully saturated rings. The quantitative estimate of drug-likeness (QED) is 0.663. The first kappa shape index (κ1) is 10.5. The van der Waals surface area contributed by atoms with Crippen molar-refractivity contribution in [2.75, 3.05) is 0 Å². The topological polar surface area (TPSA) is 0 Å². The molecule has 0 aliphatic rings. The molecule has 0 heterocycles. The summed E-state index contributed by atoms with van der Waals surface area (Å²) in [5.74, 6) is 0. The van der Waals surface area contributed by atoms with Gasteiger partial charge in [0.05, 0.1) is 0 Å². The third-order valence-corrected chi connectivity index (χ3v) is 2.35. The van der Waals surface area contributed by atoms with Crippen LogP contribution in [0.15, 0.2) is 72.5 Å². The number of hydrogen-bond acceptors (Lipinski definition) is 0. The van der Waals surface area contributed by atoms with Crippen LogP contribution in [0.4, 0.5) is 0 Å². The van der Waals surface area contributed by atoms with Gasteiger partial charge in [-0.05, 0) is 29.7 Å². The summed E-state index contributed by atoms with van der Waals surface area (Å²) < 4.78 is 0. The lowest BCUT2D eigenvalue weighted by Crippen LogP contribution is -1.76. The van der Waals surface area contributed by atoms with E-state index in [2.05, 4.69) is 48.2 Å². The van der Waals surface area contributed by atoms with Crippen LogP contribution in [0.25, 0.3) is 6.08 Å². The summed E-state index contributed by atoms with van der Waals surface area (Å²) in [4.78, 5) is 0. The molecule has 0 saturated carbocycles. The van der Waals surface area contributed by atoms with Gasteiger partial charge in [0.15, 0.2) is 0 Å². The second-order valence-electron chi connectivity index (χ2n) is 3.62. The van der Waals surface area contributed by atoms with Crippen molar-refractivity contribution in [2.45, 2.75) is 6.42 Å². The first-order valence-electron chi connectivity index (χ1n) is 5.45. The fourth-order valence-electron chi connectivity index (χ4n) is 1.50. The predicted octanol–water partition coefficient (Wildman–Crippen LogP) is 4.10. The van der Waals surface area contributed by atoms with Gasteiger partial charge >= 0.3 is 0 Å². The van der Waals surface area contributed by atoms with E-state index in [1.165, 1.54) is 11.1 Å². The van der Waals surface area contributed by atoms with Crippen LogP contribution in [0.5, 0.6) is 0 Å². The van der Waals surface area contributed by atoms with E-state index in [9.17, 15) is 0 Å². The van der Waals surface area contributed by atoms with Crippen LogP contribution in [-0.4, -0.2) is 0 Å². The van der Waals surface area contributed by atoms with Crippen LogP contribution in [0.2, 0.25) is 0 Å². The van der Waals surface area contributed by atoms with Gasteiger partial charge in [0.25, 0.3) is 0 Å². The van der Waals surface area contributed by atoms with Crippen LogP contribution >= 0.6 is 0 Å². The van der Waals surface area contributed by atoms with Gasteiger partial charge in [-0.3, -0.25) is 0 Å². The molecular formula is C16H14. The maximum absolute atomic E-state index is 3.20. The number of benzene rings is 2. The smallest absolute Gasteiger partial charge is 0.00212 e. The molecule has 0 atom stereocenters. The van der Waals surface area contributed by atoms with Gasteiger partial charge in [-0.2, -0.15) is 0 Å². The summed E-state index contributed by atoms with van der Waals surface area (Å²) in [6.07, 6.45) is 5.00. The third kappa shape index (κ3) is 3.27. The van der Waals surface area contributed by atoms with E-state index < -0.39 is 0 Å². The monoisotopic (exact) mass is 206 g/mol. The minimum atomic E-state index is 0.935. The highest BCUT2D eigenvalue weighted by Crippen LogP contribution is 2.01. The van der Waals surface area contributed by atoms with Crippen LogP contribution in [0.1, 0.15) is 11.1 Å². The summed E-state index contributed by atoms with van der Waals surface area (Å²) in [5.41, 5.74) is 5.70. The molecule has 16 heavy (non-hydrogen) atoms. The zero-order chi connectivity index (χ0) is 11.1. The maximum atomic E-state index is 3.20. The highest BCUT2D eigenvalue weighted by Gasteiger charge is 1.84. The second-order valence-corrected chi connectivity index (χ2v) is 3.62. The molecule has 0 aliphatic heterocycles. The standard InChI is InChI=1S/C16H14/c1-3-9-15(10-4-1)13-7-8-14-16-11-5-2-6-12-16/h1-7,9-12,14H,13H2. The summed E-state index contributed by atoms with van der Waals surface area (Å²) >= 11 is 0. The van der Waals surface area contributed by atoms with E-state index in [0.717, 1.165) is 6.42 Å². The average Bonchev–Trinajstić information content (AvgIpc) is 2.37. The lowest BCUT2D eigenvalue weighted by atomic mass is 10.1. The lowest BCUT2D eigenvalue weighted by molar-refractivity contribution is 1.28. The van der Waals surface area contributed by atoms with Crippen molar-refractivity contribution in [3.63, 3.8) is 0 Å². The Balaban J connectivity index is 1.98. The van der Waals surface area contributed by atoms with Gasteiger partial charge in [0.2, 0.25) is 0 Å². The molecule has 0 nitrogen and oxygen atoms in total. The first-order chi connectivity index (χ1) is 7.95. The van der Waals surface area contributed by atoms with Crippen molar-refractivity contribution in [1.82, 2.24) is 0 Å². The Labute approximate surface area is 96.6 Å². The van der Waals surface area contributed by atoms with Gasteiger partial charge in [-0.1, -0.05) is 60.7 Å². The molecule has 0 unspecified atom stereocenters. The van der Waals surface area contributed by atoms with E-state index >= 15 is 0 Å². The van der Waals surface area contributed by atoms with Crippen LogP contribution in [-0.2, 0) is 6.42 Å². The Morgan fingerprint density at radius 2 is 1.44 bits per heavy atom. The molecule has 0 heteroatoms. The van der Waals surface area contributed by atoms with Gasteiger partial charge in [-0.15, -0.1) is 5.73 Å². The van der Waals surface area contributed by atoms with Gasteiger partial charge in [-0.25, -0.2) is 0 Å². The Morgan fingerprint density at radius 1 is 0.812 bits per heavy atom. The molecule has 0 radical (unpaired) electrons. The molecule has 2 aromatic rings. The van der Waals surface area contributed by atoms with E-state index in [4.69, 9.17) is 0 Å². The molecule has 0 aliphatic carbocycles. The molecular weight excluding hydrogens is 192 g/mol. The molecule has 78 valence electrons. The van der Waals surface area contributed by atoms with E-state index in [0.29, 0.717) is 0 Å². The summed E-state index contributed by atoms with van der Waals surface area (Å²) in [7, 11) is 0. The number of allylic oxidation sites excluding steroid dienone is 1. The van der Waals surface area contributed by atoms with Crippen LogP contribution < -0.4 is 0 Å². The van der Waals surface area contributed by atoms with Crippen molar-refractivity contribution >= 4 is 6.08 Å². The summed E-state index contributed by atoms with van der Waals surface area (Å²) in [6.45, 7) is 0. The van der Waals surface area contributed by atoms with Crippen molar-refractivity contribution in [3.8, 4) is 0 Å². The van der Waals surface area contributed by atoms with Crippen LogP contribution in [0.3, 0.4) is 0 Å². The van der Waals surface area contributed by atoms with E-state index in [1.54, 1.807) is 0 Å². The number of rotatable bonds is 3. The number of hydrogen-bond donors (Lipinski definition) is 0. The van der Waals surface area contributed by atoms with Crippen molar-refractivity contribution < 1.29 is 0 Å². The lowest BCUT2D eigenvalue weighted by Gasteiger charge is -1.92. The molecule has 0 bridgehead atoms. The Bertz CT molecular complexity index is 474. The van der Waals surface area contributed by atoms with Gasteiger partial charge in [0, 0.05) is 0 Å². The Morgan fingerprint density at radius 3 is 2.12 bits per heavy atom. The van der Waals surface area contributed by atoms with Crippen molar-refractivity contribution in [1.29, 1.82) is 0 Å². The molecule has 0 saturated heterocycles. The summed E-state index contributed by atoms with van der Waals surface area (Å²) in [5, 5.41) is 0. The highest BCUT2D eigenvalue weighted by molar-refractivity contribution is 5.48. The first-order valence-corrected chi connectivity index (χ1v) is 5.45. The zero-order valence-electron chi connectivity index (χ0n) is 9.14. The fourth-order valence-corrected chi connectivity index (χ4v) is 1.50. The van der Waals surface area contributed by atoms with Crippen molar-refractivity contribution in [3.05, 3.63) is 83.6 Å². The molecule has 2 rings (SSSR count). The fraction of sp³-hybridized carbons (Fsp3) is 0.0625. The Kier molecular flexibility index (Phi) is 3.76. The molecule has 0 N–H and O–H groups in total. The average molecular weight is 206 g/mol. The van der Waals surface area contributed by atoms with Gasteiger partial charge < -0.3 is 0 Å². The molecule has 0 spiro atoms. The van der Waals surface area contributed by atoms with E-state index in [-0.39, 0.29) is 0 Å². The predicted molar refractivity (Wildman–Crippen MR) is 69.1 cm³/mol. The largest absolute Gasteiger partial charge is 0.124 e. The second kappa shape index (κ2) is 5.75. The minimum absolute atomic E-state index is 0.935. The van der Waals surface area contributed by atoms with Crippen LogP contribution in [0, 0.1) is 0 Å². The maximum Gasteiger partial charge on any atom is -0.00212 e. The zero-order valence-corrected chi connectivity index (χ0v) is 9.14. The molecule has 2 aromatic carbocycles.